The van der Waals surface area contributed by atoms with Crippen LogP contribution in [-0.4, -0.2) is 5.91 Å². The molecule has 0 aliphatic heterocycles. The number of aryl methyl sites for hydroxylation is 1. The Bertz CT molecular complexity index is 828. The number of hydrogen-bond acceptors (Lipinski definition) is 1. The number of nitrogens with one attached hydrogen (secondary N) is 1. The van der Waals surface area contributed by atoms with Crippen molar-refractivity contribution in [2.24, 2.45) is 0 Å². The van der Waals surface area contributed by atoms with Crippen LogP contribution in [0.25, 0.3) is 0 Å². The summed E-state index contributed by atoms with van der Waals surface area (Å²) in [5, 5.41) is 2.95. The standard InChI is InChI=1S/C21H18FNO/c1-15-11-13-17(14-12-15)20(16-7-3-2-4-8-16)23-21(24)18-9-5-6-10-19(18)22/h2-14,20H,1H3,(H,23,24). The molecule has 3 aromatic carbocycles. The number of carbonyl (C=O) groups is 1. The van der Waals surface area contributed by atoms with E-state index < -0.39 is 11.7 Å². The quantitative estimate of drug-likeness (QED) is 0.745. The molecule has 0 aliphatic carbocycles. The third-order valence-corrected chi connectivity index (χ3v) is 3.94. The van der Waals surface area contributed by atoms with Gasteiger partial charge in [-0.2, -0.15) is 0 Å². The van der Waals surface area contributed by atoms with Crippen molar-refractivity contribution in [3.8, 4) is 0 Å². The molecule has 1 N–H and O–H groups in total. The number of amides is 1. The van der Waals surface area contributed by atoms with Crippen LogP contribution in [0.1, 0.15) is 33.1 Å². The molecule has 0 saturated carbocycles. The lowest BCUT2D eigenvalue weighted by Gasteiger charge is -2.20. The molecule has 1 atom stereocenters. The zero-order valence-electron chi connectivity index (χ0n) is 13.4. The summed E-state index contributed by atoms with van der Waals surface area (Å²) in [7, 11) is 0. The predicted molar refractivity (Wildman–Crippen MR) is 93.3 cm³/mol. The minimum absolute atomic E-state index is 0.0468. The van der Waals surface area contributed by atoms with Crippen molar-refractivity contribution in [2.75, 3.05) is 0 Å². The van der Waals surface area contributed by atoms with E-state index in [9.17, 15) is 9.18 Å². The average Bonchev–Trinajstić information content (AvgIpc) is 2.61. The van der Waals surface area contributed by atoms with Crippen LogP contribution in [0, 0.1) is 12.7 Å². The van der Waals surface area contributed by atoms with E-state index in [1.807, 2.05) is 61.5 Å². The first-order valence-electron chi connectivity index (χ1n) is 7.82. The lowest BCUT2D eigenvalue weighted by Crippen LogP contribution is -2.30. The number of benzene rings is 3. The molecule has 24 heavy (non-hydrogen) atoms. The number of halogens is 1. The second kappa shape index (κ2) is 7.09. The van der Waals surface area contributed by atoms with Crippen molar-refractivity contribution in [1.82, 2.24) is 5.32 Å². The maximum absolute atomic E-state index is 13.9. The lowest BCUT2D eigenvalue weighted by molar-refractivity contribution is 0.0939. The summed E-state index contributed by atoms with van der Waals surface area (Å²) in [5.41, 5.74) is 3.10. The van der Waals surface area contributed by atoms with E-state index in [0.717, 1.165) is 16.7 Å². The molecule has 3 aromatic rings. The Balaban J connectivity index is 1.95. The van der Waals surface area contributed by atoms with Crippen molar-refractivity contribution < 1.29 is 9.18 Å². The van der Waals surface area contributed by atoms with Gasteiger partial charge in [0.25, 0.3) is 5.91 Å². The highest BCUT2D eigenvalue weighted by Crippen LogP contribution is 2.23. The fourth-order valence-corrected chi connectivity index (χ4v) is 2.62. The molecule has 0 bridgehead atoms. The largest absolute Gasteiger partial charge is 0.341 e. The van der Waals surface area contributed by atoms with Crippen LogP contribution in [0.5, 0.6) is 0 Å². The molecule has 2 nitrogen and oxygen atoms in total. The number of carbonyl (C=O) groups excluding carboxylic acids is 1. The number of rotatable bonds is 4. The van der Waals surface area contributed by atoms with E-state index in [1.54, 1.807) is 12.1 Å². The van der Waals surface area contributed by atoms with Gasteiger partial charge in [0.1, 0.15) is 5.82 Å². The molecular formula is C21H18FNO. The molecule has 0 aromatic heterocycles. The smallest absolute Gasteiger partial charge is 0.255 e. The topological polar surface area (TPSA) is 29.1 Å². The normalized spacial score (nSPS) is 11.8. The van der Waals surface area contributed by atoms with E-state index in [1.165, 1.54) is 12.1 Å². The molecule has 1 unspecified atom stereocenters. The van der Waals surface area contributed by atoms with Crippen LogP contribution in [-0.2, 0) is 0 Å². The summed E-state index contributed by atoms with van der Waals surface area (Å²) < 4.78 is 13.9. The second-order valence-electron chi connectivity index (χ2n) is 5.71. The molecule has 0 spiro atoms. The monoisotopic (exact) mass is 319 g/mol. The van der Waals surface area contributed by atoms with Gasteiger partial charge in [-0.1, -0.05) is 72.3 Å². The van der Waals surface area contributed by atoms with E-state index in [0.29, 0.717) is 0 Å². The highest BCUT2D eigenvalue weighted by atomic mass is 19.1. The van der Waals surface area contributed by atoms with Gasteiger partial charge in [-0.3, -0.25) is 4.79 Å². The maximum Gasteiger partial charge on any atom is 0.255 e. The first kappa shape index (κ1) is 15.9. The zero-order chi connectivity index (χ0) is 16.9. The first-order valence-corrected chi connectivity index (χ1v) is 7.82. The van der Waals surface area contributed by atoms with Gasteiger partial charge in [0.15, 0.2) is 0 Å². The molecule has 3 rings (SSSR count). The van der Waals surface area contributed by atoms with Crippen molar-refractivity contribution >= 4 is 5.91 Å². The Morgan fingerprint density at radius 3 is 2.08 bits per heavy atom. The Morgan fingerprint density at radius 1 is 0.833 bits per heavy atom. The molecule has 0 radical (unpaired) electrons. The van der Waals surface area contributed by atoms with Crippen molar-refractivity contribution in [3.05, 3.63) is 107 Å². The van der Waals surface area contributed by atoms with Crippen LogP contribution < -0.4 is 5.32 Å². The van der Waals surface area contributed by atoms with Gasteiger partial charge in [-0.15, -0.1) is 0 Å². The van der Waals surface area contributed by atoms with Crippen molar-refractivity contribution in [1.29, 1.82) is 0 Å². The van der Waals surface area contributed by atoms with Crippen LogP contribution in [0.2, 0.25) is 0 Å². The minimum Gasteiger partial charge on any atom is -0.341 e. The summed E-state index contributed by atoms with van der Waals surface area (Å²) >= 11 is 0. The van der Waals surface area contributed by atoms with Gasteiger partial charge >= 0.3 is 0 Å². The highest BCUT2D eigenvalue weighted by molar-refractivity contribution is 5.94. The molecular weight excluding hydrogens is 301 g/mol. The molecule has 1 amide bonds. The van der Waals surface area contributed by atoms with Gasteiger partial charge in [-0.25, -0.2) is 4.39 Å². The van der Waals surface area contributed by atoms with Crippen LogP contribution in [0.3, 0.4) is 0 Å². The van der Waals surface area contributed by atoms with Gasteiger partial charge < -0.3 is 5.32 Å². The zero-order valence-corrected chi connectivity index (χ0v) is 13.4. The van der Waals surface area contributed by atoms with Gasteiger partial charge in [-0.05, 0) is 30.2 Å². The fourth-order valence-electron chi connectivity index (χ4n) is 2.62. The lowest BCUT2D eigenvalue weighted by atomic mass is 9.97. The third kappa shape index (κ3) is 3.51. The average molecular weight is 319 g/mol. The Morgan fingerprint density at radius 2 is 1.42 bits per heavy atom. The van der Waals surface area contributed by atoms with Crippen molar-refractivity contribution in [2.45, 2.75) is 13.0 Å². The fraction of sp³-hybridized carbons (Fsp3) is 0.0952. The predicted octanol–water partition coefficient (Wildman–Crippen LogP) is 4.65. The van der Waals surface area contributed by atoms with Gasteiger partial charge in [0, 0.05) is 0 Å². The molecule has 0 aliphatic rings. The second-order valence-corrected chi connectivity index (χ2v) is 5.71. The first-order chi connectivity index (χ1) is 11.6. The Labute approximate surface area is 141 Å². The summed E-state index contributed by atoms with van der Waals surface area (Å²) in [4.78, 5) is 12.5. The summed E-state index contributed by atoms with van der Waals surface area (Å²) in [6, 6.07) is 23.3. The summed E-state index contributed by atoms with van der Waals surface area (Å²) in [5.74, 6) is -0.951. The minimum atomic E-state index is -0.522. The molecule has 0 heterocycles. The van der Waals surface area contributed by atoms with Gasteiger partial charge in [0.2, 0.25) is 0 Å². The number of hydrogen-bond donors (Lipinski definition) is 1. The Hall–Kier alpha value is -2.94. The van der Waals surface area contributed by atoms with Crippen LogP contribution in [0.4, 0.5) is 4.39 Å². The Kier molecular flexibility index (Phi) is 4.71. The van der Waals surface area contributed by atoms with Crippen molar-refractivity contribution in [3.63, 3.8) is 0 Å². The van der Waals surface area contributed by atoms with Gasteiger partial charge in [0.05, 0.1) is 11.6 Å². The SMILES string of the molecule is Cc1ccc(C(NC(=O)c2ccccc2F)c2ccccc2)cc1. The van der Waals surface area contributed by atoms with E-state index in [2.05, 4.69) is 5.32 Å². The molecule has 0 saturated heterocycles. The highest BCUT2D eigenvalue weighted by Gasteiger charge is 2.19. The van der Waals surface area contributed by atoms with E-state index in [-0.39, 0.29) is 11.6 Å². The summed E-state index contributed by atoms with van der Waals surface area (Å²) in [6.07, 6.45) is 0. The third-order valence-electron chi connectivity index (χ3n) is 3.94. The van der Waals surface area contributed by atoms with E-state index in [4.69, 9.17) is 0 Å². The van der Waals surface area contributed by atoms with Crippen LogP contribution in [0.15, 0.2) is 78.9 Å². The van der Waals surface area contributed by atoms with E-state index >= 15 is 0 Å². The molecule has 120 valence electrons. The summed E-state index contributed by atoms with van der Waals surface area (Å²) in [6.45, 7) is 2.01. The molecule has 0 fully saturated rings. The molecule has 3 heteroatoms. The van der Waals surface area contributed by atoms with Crippen LogP contribution >= 0.6 is 0 Å². The maximum atomic E-state index is 13.9.